The van der Waals surface area contributed by atoms with Crippen LogP contribution in [0.3, 0.4) is 0 Å². The molecule has 2 saturated carbocycles. The van der Waals surface area contributed by atoms with E-state index in [0.717, 1.165) is 68.3 Å². The molecule has 3 aliphatic rings. The van der Waals surface area contributed by atoms with Gasteiger partial charge in [0.2, 0.25) is 5.95 Å². The third kappa shape index (κ3) is 6.22. The van der Waals surface area contributed by atoms with Crippen molar-refractivity contribution in [3.05, 3.63) is 36.2 Å². The van der Waals surface area contributed by atoms with Gasteiger partial charge in [-0.05, 0) is 75.6 Å². The number of anilines is 3. The number of carbonyl (C=O) groups excluding carboxylic acids is 1. The van der Waals surface area contributed by atoms with Crippen molar-refractivity contribution in [2.45, 2.75) is 88.4 Å². The molecule has 2 aliphatic carbocycles. The molecule has 1 saturated heterocycles. The third-order valence-corrected chi connectivity index (χ3v) is 8.75. The van der Waals surface area contributed by atoms with E-state index < -0.39 is 5.97 Å². The molecule has 41 heavy (non-hydrogen) atoms. The second-order valence-corrected chi connectivity index (χ2v) is 11.6. The van der Waals surface area contributed by atoms with Crippen molar-refractivity contribution in [1.82, 2.24) is 24.4 Å². The predicted molar refractivity (Wildman–Crippen MR) is 157 cm³/mol. The molecule has 0 spiro atoms. The van der Waals surface area contributed by atoms with Gasteiger partial charge < -0.3 is 36.3 Å². The first-order valence-electron chi connectivity index (χ1n) is 14.9. The number of amides is 2. The zero-order valence-electron chi connectivity index (χ0n) is 23.3. The lowest BCUT2D eigenvalue weighted by atomic mass is 9.92. The van der Waals surface area contributed by atoms with Gasteiger partial charge in [-0.15, -0.1) is 0 Å². The summed E-state index contributed by atoms with van der Waals surface area (Å²) in [5.74, 6) is 0.375. The maximum Gasteiger partial charge on any atom is 0.335 e. The maximum atomic E-state index is 12.8. The maximum absolute atomic E-state index is 12.8. The van der Waals surface area contributed by atoms with Crippen LogP contribution in [-0.4, -0.2) is 72.7 Å². The summed E-state index contributed by atoms with van der Waals surface area (Å²) < 4.78 is 2.23. The highest BCUT2D eigenvalue weighted by Crippen LogP contribution is 2.34. The molecule has 2 amide bonds. The van der Waals surface area contributed by atoms with Crippen LogP contribution in [0, 0.1) is 0 Å². The Balaban J connectivity index is 1.13. The van der Waals surface area contributed by atoms with E-state index in [-0.39, 0.29) is 23.7 Å². The molecule has 12 nitrogen and oxygen atoms in total. The van der Waals surface area contributed by atoms with Crippen molar-refractivity contribution in [3.8, 4) is 0 Å². The van der Waals surface area contributed by atoms with Crippen molar-refractivity contribution < 1.29 is 14.7 Å². The number of imidazole rings is 1. The molecule has 2 aromatic heterocycles. The Morgan fingerprint density at radius 2 is 1.56 bits per heavy atom. The zero-order chi connectivity index (χ0) is 28.3. The van der Waals surface area contributed by atoms with Crippen LogP contribution in [0.1, 0.15) is 80.6 Å². The number of likely N-dealkylation sites (tertiary alicyclic amines) is 1. The van der Waals surface area contributed by atoms with E-state index in [1.54, 1.807) is 17.0 Å². The minimum atomic E-state index is -0.995. The van der Waals surface area contributed by atoms with E-state index in [9.17, 15) is 9.59 Å². The van der Waals surface area contributed by atoms with Crippen molar-refractivity contribution in [3.63, 3.8) is 0 Å². The van der Waals surface area contributed by atoms with Crippen molar-refractivity contribution in [2.75, 3.05) is 29.0 Å². The molecule has 12 heteroatoms. The second kappa shape index (κ2) is 11.9. The standard InChI is InChI=1S/C29H39N9O3/c30-19-7-11-20(12-8-19)33-28-35-25(24-26(36-28)38(17-31-24)23-3-1-2-4-23)32-22-13-15-37(16-14-22)29(41)34-21-9-5-18(6-10-21)27(39)40/h5-6,9-10,17,19-20,22-23H,1-4,7-8,11-16,30H2,(H,34,41)(H,39,40)(H2,32,33,35,36). The first-order chi connectivity index (χ1) is 19.9. The Kier molecular flexibility index (Phi) is 7.91. The highest BCUT2D eigenvalue weighted by atomic mass is 16.4. The number of aromatic nitrogens is 4. The first kappa shape index (κ1) is 27.3. The molecule has 0 atom stereocenters. The second-order valence-electron chi connectivity index (χ2n) is 11.6. The monoisotopic (exact) mass is 561 g/mol. The molecule has 0 radical (unpaired) electrons. The van der Waals surface area contributed by atoms with E-state index in [4.69, 9.17) is 25.8 Å². The molecule has 3 fully saturated rings. The largest absolute Gasteiger partial charge is 0.478 e. The van der Waals surface area contributed by atoms with Gasteiger partial charge in [0, 0.05) is 42.9 Å². The number of benzene rings is 1. The van der Waals surface area contributed by atoms with Gasteiger partial charge in [-0.1, -0.05) is 12.8 Å². The topological polar surface area (TPSA) is 163 Å². The lowest BCUT2D eigenvalue weighted by Crippen LogP contribution is -2.44. The highest BCUT2D eigenvalue weighted by Gasteiger charge is 2.27. The predicted octanol–water partition coefficient (Wildman–Crippen LogP) is 4.43. The van der Waals surface area contributed by atoms with E-state index in [1.165, 1.54) is 25.0 Å². The molecular weight excluding hydrogens is 522 g/mol. The number of hydrogen-bond donors (Lipinski definition) is 5. The number of hydrogen-bond acceptors (Lipinski definition) is 8. The number of carbonyl (C=O) groups is 2. The SMILES string of the molecule is NC1CCC(Nc2nc(NC3CCN(C(=O)Nc4ccc(C(=O)O)cc4)CC3)c3ncn(C4CCCC4)c3n2)CC1. The van der Waals surface area contributed by atoms with Gasteiger partial charge >= 0.3 is 12.0 Å². The molecule has 0 bridgehead atoms. The molecule has 1 aromatic carbocycles. The molecular formula is C29H39N9O3. The van der Waals surface area contributed by atoms with Crippen LogP contribution in [-0.2, 0) is 0 Å². The summed E-state index contributed by atoms with van der Waals surface area (Å²) in [4.78, 5) is 40.3. The van der Waals surface area contributed by atoms with Gasteiger partial charge in [0.25, 0.3) is 0 Å². The van der Waals surface area contributed by atoms with Crippen LogP contribution >= 0.6 is 0 Å². The summed E-state index contributed by atoms with van der Waals surface area (Å²) in [6, 6.07) is 7.14. The third-order valence-electron chi connectivity index (χ3n) is 8.75. The number of rotatable bonds is 7. The molecule has 0 unspecified atom stereocenters. The number of piperidine rings is 1. The van der Waals surface area contributed by atoms with E-state index in [0.29, 0.717) is 36.8 Å². The number of nitrogens with two attached hydrogens (primary N) is 1. The Labute approximate surface area is 239 Å². The number of aromatic carboxylic acids is 1. The van der Waals surface area contributed by atoms with Crippen LogP contribution in [0.25, 0.3) is 11.2 Å². The lowest BCUT2D eigenvalue weighted by molar-refractivity contribution is 0.0697. The molecule has 3 aromatic rings. The van der Waals surface area contributed by atoms with Crippen LogP contribution < -0.4 is 21.7 Å². The summed E-state index contributed by atoms with van der Waals surface area (Å²) in [6.07, 6.45) is 12.2. The smallest absolute Gasteiger partial charge is 0.335 e. The number of urea groups is 1. The van der Waals surface area contributed by atoms with Crippen LogP contribution in [0.4, 0.5) is 22.2 Å². The minimum Gasteiger partial charge on any atom is -0.478 e. The lowest BCUT2D eigenvalue weighted by Gasteiger charge is -2.32. The van der Waals surface area contributed by atoms with Gasteiger partial charge in [-0.3, -0.25) is 0 Å². The minimum absolute atomic E-state index is 0.143. The molecule has 1 aliphatic heterocycles. The average molecular weight is 562 g/mol. The number of nitrogens with zero attached hydrogens (tertiary/aromatic N) is 5. The van der Waals surface area contributed by atoms with Gasteiger partial charge in [0.05, 0.1) is 11.9 Å². The molecule has 6 rings (SSSR count). The van der Waals surface area contributed by atoms with E-state index >= 15 is 0 Å². The Hall–Kier alpha value is -3.93. The van der Waals surface area contributed by atoms with Gasteiger partial charge in [-0.25, -0.2) is 14.6 Å². The Morgan fingerprint density at radius 3 is 2.24 bits per heavy atom. The zero-order valence-corrected chi connectivity index (χ0v) is 23.3. The summed E-state index contributed by atoms with van der Waals surface area (Å²) in [6.45, 7) is 1.18. The van der Waals surface area contributed by atoms with Crippen molar-refractivity contribution >= 4 is 40.6 Å². The number of fused-ring (bicyclic) bond motifs is 1. The van der Waals surface area contributed by atoms with Gasteiger partial charge in [0.15, 0.2) is 17.0 Å². The molecule has 3 heterocycles. The first-order valence-corrected chi connectivity index (χ1v) is 14.9. The quantitative estimate of drug-likeness (QED) is 0.281. The number of carboxylic acid groups (broad SMARTS) is 1. The highest BCUT2D eigenvalue weighted by molar-refractivity contribution is 5.91. The molecule has 6 N–H and O–H groups in total. The van der Waals surface area contributed by atoms with Crippen LogP contribution in [0.15, 0.2) is 30.6 Å². The van der Waals surface area contributed by atoms with Crippen molar-refractivity contribution in [1.29, 1.82) is 0 Å². The Morgan fingerprint density at radius 1 is 0.878 bits per heavy atom. The van der Waals surface area contributed by atoms with E-state index in [2.05, 4.69) is 20.5 Å². The number of nitrogens with one attached hydrogen (secondary N) is 3. The van der Waals surface area contributed by atoms with Crippen LogP contribution in [0.2, 0.25) is 0 Å². The fourth-order valence-electron chi connectivity index (χ4n) is 6.30. The number of carboxylic acids is 1. The van der Waals surface area contributed by atoms with Crippen molar-refractivity contribution in [2.24, 2.45) is 5.73 Å². The summed E-state index contributed by atoms with van der Waals surface area (Å²) >= 11 is 0. The fraction of sp³-hybridized carbons (Fsp3) is 0.552. The fourth-order valence-corrected chi connectivity index (χ4v) is 6.30. The summed E-state index contributed by atoms with van der Waals surface area (Å²) in [5, 5.41) is 19.2. The summed E-state index contributed by atoms with van der Waals surface area (Å²) in [5.41, 5.74) is 8.54. The van der Waals surface area contributed by atoms with Crippen LogP contribution in [0.5, 0.6) is 0 Å². The molecule has 218 valence electrons. The van der Waals surface area contributed by atoms with Gasteiger partial charge in [-0.2, -0.15) is 9.97 Å². The Bertz CT molecular complexity index is 1370. The summed E-state index contributed by atoms with van der Waals surface area (Å²) in [7, 11) is 0. The van der Waals surface area contributed by atoms with E-state index in [1.807, 2.05) is 6.33 Å². The van der Waals surface area contributed by atoms with Gasteiger partial charge in [0.1, 0.15) is 0 Å². The normalized spacial score (nSPS) is 22.1. The average Bonchev–Trinajstić information content (AvgIpc) is 3.65.